The number of carboxylic acid groups (broad SMARTS) is 1. The SMILES string of the molecule is Cc1coc2cc3oc(=O)c(CC(=O)N4CCCC[C@@H]4C(=O)[O-])c(C)c3cc12. The maximum atomic E-state index is 12.8. The van der Waals surface area contributed by atoms with Gasteiger partial charge in [0.25, 0.3) is 0 Å². The van der Waals surface area contributed by atoms with Gasteiger partial charge in [-0.1, -0.05) is 0 Å². The Labute approximate surface area is 160 Å². The molecule has 1 saturated heterocycles. The van der Waals surface area contributed by atoms with Gasteiger partial charge in [0.15, 0.2) is 0 Å². The summed E-state index contributed by atoms with van der Waals surface area (Å²) in [5.74, 6) is -1.66. The maximum Gasteiger partial charge on any atom is 0.340 e. The molecule has 0 saturated carbocycles. The number of furan rings is 1. The van der Waals surface area contributed by atoms with Crippen molar-refractivity contribution in [2.24, 2.45) is 0 Å². The van der Waals surface area contributed by atoms with E-state index in [1.165, 1.54) is 4.90 Å². The van der Waals surface area contributed by atoms with E-state index < -0.39 is 23.5 Å². The van der Waals surface area contributed by atoms with Crippen LogP contribution in [0.5, 0.6) is 0 Å². The summed E-state index contributed by atoms with van der Waals surface area (Å²) in [7, 11) is 0. The van der Waals surface area contributed by atoms with Crippen LogP contribution < -0.4 is 10.7 Å². The molecule has 28 heavy (non-hydrogen) atoms. The van der Waals surface area contributed by atoms with Gasteiger partial charge in [0.2, 0.25) is 5.91 Å². The summed E-state index contributed by atoms with van der Waals surface area (Å²) in [5, 5.41) is 13.0. The number of amides is 1. The average molecular weight is 382 g/mol. The van der Waals surface area contributed by atoms with Gasteiger partial charge in [-0.25, -0.2) is 4.79 Å². The second-order valence-electron chi connectivity index (χ2n) is 7.35. The highest BCUT2D eigenvalue weighted by molar-refractivity contribution is 5.96. The van der Waals surface area contributed by atoms with Crippen molar-refractivity contribution in [2.75, 3.05) is 6.54 Å². The highest BCUT2D eigenvalue weighted by atomic mass is 16.4. The highest BCUT2D eigenvalue weighted by Gasteiger charge is 2.29. The van der Waals surface area contributed by atoms with Gasteiger partial charge < -0.3 is 23.6 Å². The Bertz CT molecular complexity index is 1160. The first-order chi connectivity index (χ1) is 13.4. The Morgan fingerprint density at radius 3 is 2.71 bits per heavy atom. The molecular formula is C21H20NO6-. The minimum atomic E-state index is -1.26. The number of likely N-dealkylation sites (tertiary alicyclic amines) is 1. The Morgan fingerprint density at radius 2 is 1.96 bits per heavy atom. The summed E-state index contributed by atoms with van der Waals surface area (Å²) in [6.45, 7) is 4.05. The van der Waals surface area contributed by atoms with Crippen LogP contribution in [0.4, 0.5) is 0 Å². The number of fused-ring (bicyclic) bond motifs is 2. The third-order valence-electron chi connectivity index (χ3n) is 5.60. The van der Waals surface area contributed by atoms with Crippen LogP contribution in [0.1, 0.15) is 36.0 Å². The molecule has 0 N–H and O–H groups in total. The Kier molecular flexibility index (Phi) is 4.45. The van der Waals surface area contributed by atoms with E-state index in [-0.39, 0.29) is 12.0 Å². The number of hydrogen-bond donors (Lipinski definition) is 0. The maximum absolute atomic E-state index is 12.8. The normalized spacial score (nSPS) is 17.4. The quantitative estimate of drug-likeness (QED) is 0.640. The predicted molar refractivity (Wildman–Crippen MR) is 99.8 cm³/mol. The highest BCUT2D eigenvalue weighted by Crippen LogP contribution is 2.29. The summed E-state index contributed by atoms with van der Waals surface area (Å²) in [6, 6.07) is 2.62. The van der Waals surface area contributed by atoms with Crippen molar-refractivity contribution in [1.82, 2.24) is 4.90 Å². The molecule has 3 aromatic rings. The minimum Gasteiger partial charge on any atom is -0.548 e. The number of rotatable bonds is 3. The Balaban J connectivity index is 1.74. The molecular weight excluding hydrogens is 362 g/mol. The van der Waals surface area contributed by atoms with Gasteiger partial charge in [-0.05, 0) is 50.3 Å². The third kappa shape index (κ3) is 2.96. The van der Waals surface area contributed by atoms with Gasteiger partial charge in [0.1, 0.15) is 11.2 Å². The second kappa shape index (κ2) is 6.82. The van der Waals surface area contributed by atoms with Crippen LogP contribution >= 0.6 is 0 Å². The molecule has 1 aromatic carbocycles. The lowest BCUT2D eigenvalue weighted by molar-refractivity contribution is -0.312. The number of piperidine rings is 1. The largest absolute Gasteiger partial charge is 0.548 e. The first kappa shape index (κ1) is 18.3. The standard InChI is InChI=1S/C21H21NO6/c1-11-10-27-17-9-18-14(7-13(11)17)12(2)15(21(26)28-18)8-19(23)22-6-4-3-5-16(22)20(24)25/h7,9-10,16H,3-6,8H2,1-2H3,(H,24,25)/p-1/t16-/m1/s1. The molecule has 4 rings (SSSR count). The van der Waals surface area contributed by atoms with Gasteiger partial charge in [-0.3, -0.25) is 4.79 Å². The van der Waals surface area contributed by atoms with Crippen LogP contribution in [0.25, 0.3) is 21.9 Å². The van der Waals surface area contributed by atoms with Gasteiger partial charge in [-0.2, -0.15) is 0 Å². The van der Waals surface area contributed by atoms with Gasteiger partial charge in [-0.15, -0.1) is 0 Å². The molecule has 2 aromatic heterocycles. The van der Waals surface area contributed by atoms with Crippen molar-refractivity contribution in [3.8, 4) is 0 Å². The lowest BCUT2D eigenvalue weighted by Gasteiger charge is -2.36. The fraction of sp³-hybridized carbons (Fsp3) is 0.381. The topological polar surface area (TPSA) is 104 Å². The predicted octanol–water partition coefficient (Wildman–Crippen LogP) is 1.83. The summed E-state index contributed by atoms with van der Waals surface area (Å²) in [6.07, 6.45) is 3.28. The zero-order chi connectivity index (χ0) is 20.0. The smallest absolute Gasteiger partial charge is 0.340 e. The molecule has 1 aliphatic heterocycles. The minimum absolute atomic E-state index is 0.198. The zero-order valence-corrected chi connectivity index (χ0v) is 15.7. The van der Waals surface area contributed by atoms with Gasteiger partial charge >= 0.3 is 5.63 Å². The third-order valence-corrected chi connectivity index (χ3v) is 5.60. The number of nitrogens with zero attached hydrogens (tertiary/aromatic N) is 1. The van der Waals surface area contributed by atoms with Crippen molar-refractivity contribution >= 4 is 33.8 Å². The molecule has 0 aliphatic carbocycles. The van der Waals surface area contributed by atoms with Crippen LogP contribution in [-0.2, 0) is 16.0 Å². The van der Waals surface area contributed by atoms with E-state index in [1.54, 1.807) is 19.3 Å². The van der Waals surface area contributed by atoms with Crippen LogP contribution in [0.15, 0.2) is 32.0 Å². The van der Waals surface area contributed by atoms with E-state index in [0.29, 0.717) is 29.7 Å². The lowest BCUT2D eigenvalue weighted by atomic mass is 9.98. The van der Waals surface area contributed by atoms with Crippen molar-refractivity contribution in [3.63, 3.8) is 0 Å². The zero-order valence-electron chi connectivity index (χ0n) is 15.7. The van der Waals surface area contributed by atoms with E-state index >= 15 is 0 Å². The molecule has 146 valence electrons. The average Bonchev–Trinajstić information content (AvgIpc) is 3.03. The number of hydrogen-bond acceptors (Lipinski definition) is 6. The van der Waals surface area contributed by atoms with Crippen LogP contribution in [0.3, 0.4) is 0 Å². The van der Waals surface area contributed by atoms with Crippen molar-refractivity contribution < 1.29 is 23.5 Å². The number of carbonyl (C=O) groups excluding carboxylic acids is 2. The summed E-state index contributed by atoms with van der Waals surface area (Å²) < 4.78 is 10.9. The van der Waals surface area contributed by atoms with E-state index in [1.807, 2.05) is 13.0 Å². The van der Waals surface area contributed by atoms with E-state index in [0.717, 1.165) is 29.2 Å². The first-order valence-corrected chi connectivity index (χ1v) is 9.31. The number of carbonyl (C=O) groups is 2. The molecule has 0 unspecified atom stereocenters. The fourth-order valence-electron chi connectivity index (χ4n) is 3.97. The lowest BCUT2D eigenvalue weighted by Crippen LogP contribution is -2.53. The Hall–Kier alpha value is -3.09. The molecule has 7 heteroatoms. The number of aliphatic carboxylic acids is 1. The van der Waals surface area contributed by atoms with Crippen LogP contribution in [-0.4, -0.2) is 29.4 Å². The molecule has 1 atom stereocenters. The van der Waals surface area contributed by atoms with Crippen LogP contribution in [0, 0.1) is 13.8 Å². The molecule has 0 bridgehead atoms. The number of carboxylic acids is 1. The molecule has 0 radical (unpaired) electrons. The molecule has 1 amide bonds. The fourth-order valence-corrected chi connectivity index (χ4v) is 3.97. The first-order valence-electron chi connectivity index (χ1n) is 9.31. The molecule has 1 fully saturated rings. The van der Waals surface area contributed by atoms with Gasteiger partial charge in [0.05, 0.1) is 30.3 Å². The summed E-state index contributed by atoms with van der Waals surface area (Å²) in [5.41, 5.74) is 2.30. The van der Waals surface area contributed by atoms with Crippen molar-refractivity contribution in [2.45, 2.75) is 45.6 Å². The van der Waals surface area contributed by atoms with Crippen molar-refractivity contribution in [3.05, 3.63) is 45.5 Å². The monoisotopic (exact) mass is 382 g/mol. The van der Waals surface area contributed by atoms with E-state index in [9.17, 15) is 19.5 Å². The molecule has 7 nitrogen and oxygen atoms in total. The van der Waals surface area contributed by atoms with Crippen molar-refractivity contribution in [1.29, 1.82) is 0 Å². The number of benzene rings is 1. The molecule has 1 aliphatic rings. The van der Waals surface area contributed by atoms with Crippen LogP contribution in [0.2, 0.25) is 0 Å². The second-order valence-corrected chi connectivity index (χ2v) is 7.35. The van der Waals surface area contributed by atoms with Gasteiger partial charge in [0, 0.05) is 23.4 Å². The Morgan fingerprint density at radius 1 is 1.18 bits per heavy atom. The summed E-state index contributed by atoms with van der Waals surface area (Å²) >= 11 is 0. The molecule has 3 heterocycles. The van der Waals surface area contributed by atoms with E-state index in [2.05, 4.69) is 0 Å². The summed E-state index contributed by atoms with van der Waals surface area (Å²) in [4.78, 5) is 38.0. The van der Waals surface area contributed by atoms with E-state index in [4.69, 9.17) is 8.83 Å². The molecule has 0 spiro atoms. The number of aryl methyl sites for hydroxylation is 2.